The molecule has 0 atom stereocenters. The molecule has 1 aromatic heterocycles. The number of carbonyl (C=O) groups excluding carboxylic acids is 1. The van der Waals surface area contributed by atoms with Crippen molar-refractivity contribution in [1.82, 2.24) is 14.1 Å². The largest absolute Gasteiger partial charge is 0.469 e. The van der Waals surface area contributed by atoms with Gasteiger partial charge in [0.25, 0.3) is 10.0 Å². The van der Waals surface area contributed by atoms with Gasteiger partial charge in [0.05, 0.1) is 31.4 Å². The van der Waals surface area contributed by atoms with Crippen LogP contribution < -0.4 is 0 Å². The summed E-state index contributed by atoms with van der Waals surface area (Å²) in [6, 6.07) is 0. The smallest absolute Gasteiger partial charge is 0.306 e. The zero-order valence-corrected chi connectivity index (χ0v) is 13.6. The molecule has 21 heavy (non-hydrogen) atoms. The Labute approximate surface area is 128 Å². The Bertz CT molecular complexity index is 567. The molecule has 1 rings (SSSR count). The van der Waals surface area contributed by atoms with Crippen LogP contribution in [0.3, 0.4) is 0 Å². The number of esters is 1. The third kappa shape index (κ3) is 4.40. The monoisotopic (exact) mass is 339 g/mol. The van der Waals surface area contributed by atoms with Gasteiger partial charge in [-0.25, -0.2) is 8.42 Å². The fourth-order valence-electron chi connectivity index (χ4n) is 1.68. The maximum atomic E-state index is 12.6. The van der Waals surface area contributed by atoms with Crippen LogP contribution in [0, 0.1) is 0 Å². The van der Waals surface area contributed by atoms with Gasteiger partial charge < -0.3 is 9.47 Å². The molecule has 0 saturated carbocycles. The molecule has 0 fully saturated rings. The van der Waals surface area contributed by atoms with E-state index in [1.165, 1.54) is 32.1 Å². The van der Waals surface area contributed by atoms with Crippen molar-refractivity contribution in [3.63, 3.8) is 0 Å². The van der Waals surface area contributed by atoms with Crippen molar-refractivity contribution in [2.75, 3.05) is 33.9 Å². The fraction of sp³-hybridized carbons (Fsp3) is 0.636. The maximum Gasteiger partial charge on any atom is 0.306 e. The topological polar surface area (TPSA) is 90.7 Å². The number of carbonyl (C=O) groups is 1. The molecule has 1 aromatic rings. The Hall–Kier alpha value is -1.16. The number of hydrogen-bond donors (Lipinski definition) is 0. The van der Waals surface area contributed by atoms with Gasteiger partial charge in [0.1, 0.15) is 0 Å². The predicted molar refractivity (Wildman–Crippen MR) is 75.5 cm³/mol. The number of nitrogens with zero attached hydrogens (tertiary/aromatic N) is 3. The summed E-state index contributed by atoms with van der Waals surface area (Å²) in [7, 11) is 0.303. The minimum Gasteiger partial charge on any atom is -0.469 e. The SMILES string of the molecule is COCCN(CCC(=O)OC)S(=O)(=O)c1c(Cl)cnn1C. The molecule has 0 unspecified atom stereocenters. The highest BCUT2D eigenvalue weighted by molar-refractivity contribution is 7.89. The first-order valence-electron chi connectivity index (χ1n) is 6.08. The Morgan fingerprint density at radius 2 is 2.10 bits per heavy atom. The van der Waals surface area contributed by atoms with E-state index in [1.807, 2.05) is 0 Å². The van der Waals surface area contributed by atoms with Gasteiger partial charge in [-0.05, 0) is 0 Å². The van der Waals surface area contributed by atoms with E-state index in [1.54, 1.807) is 0 Å². The number of aromatic nitrogens is 2. The van der Waals surface area contributed by atoms with Crippen molar-refractivity contribution in [1.29, 1.82) is 0 Å². The van der Waals surface area contributed by atoms with E-state index in [2.05, 4.69) is 9.84 Å². The van der Waals surface area contributed by atoms with Crippen LogP contribution in [0.15, 0.2) is 11.2 Å². The summed E-state index contributed by atoms with van der Waals surface area (Å²) in [5.41, 5.74) is 0. The summed E-state index contributed by atoms with van der Waals surface area (Å²) in [6.45, 7) is 0.257. The summed E-state index contributed by atoms with van der Waals surface area (Å²) in [6.07, 6.45) is 1.19. The molecule has 0 aliphatic carbocycles. The van der Waals surface area contributed by atoms with Crippen LogP contribution in [0.25, 0.3) is 0 Å². The zero-order chi connectivity index (χ0) is 16.0. The summed E-state index contributed by atoms with van der Waals surface area (Å²) in [4.78, 5) is 11.2. The van der Waals surface area contributed by atoms with Crippen molar-refractivity contribution in [2.45, 2.75) is 11.4 Å². The van der Waals surface area contributed by atoms with Crippen molar-refractivity contribution >= 4 is 27.6 Å². The van der Waals surface area contributed by atoms with E-state index in [4.69, 9.17) is 16.3 Å². The van der Waals surface area contributed by atoms with Gasteiger partial charge in [0.15, 0.2) is 5.03 Å². The first kappa shape index (κ1) is 17.9. The van der Waals surface area contributed by atoms with Crippen LogP contribution in [-0.2, 0) is 31.3 Å². The molecule has 120 valence electrons. The fourth-order valence-corrected chi connectivity index (χ4v) is 3.71. The highest BCUT2D eigenvalue weighted by Gasteiger charge is 2.30. The van der Waals surface area contributed by atoms with Crippen molar-refractivity contribution < 1.29 is 22.7 Å². The molecule has 0 aliphatic rings. The van der Waals surface area contributed by atoms with Crippen LogP contribution >= 0.6 is 11.6 Å². The molecule has 0 aromatic carbocycles. The summed E-state index contributed by atoms with van der Waals surface area (Å²) in [5, 5.41) is 3.72. The van der Waals surface area contributed by atoms with Crippen LogP contribution in [0.5, 0.6) is 0 Å². The third-order valence-corrected chi connectivity index (χ3v) is 5.17. The number of ether oxygens (including phenoxy) is 2. The van der Waals surface area contributed by atoms with E-state index >= 15 is 0 Å². The highest BCUT2D eigenvalue weighted by Crippen LogP contribution is 2.23. The molecule has 10 heteroatoms. The van der Waals surface area contributed by atoms with Crippen molar-refractivity contribution in [2.24, 2.45) is 7.05 Å². The average molecular weight is 340 g/mol. The first-order chi connectivity index (χ1) is 9.84. The van der Waals surface area contributed by atoms with Gasteiger partial charge in [-0.3, -0.25) is 9.48 Å². The first-order valence-corrected chi connectivity index (χ1v) is 7.89. The lowest BCUT2D eigenvalue weighted by atomic mass is 10.4. The molecule has 0 amide bonds. The van der Waals surface area contributed by atoms with Gasteiger partial charge in [-0.2, -0.15) is 9.40 Å². The van der Waals surface area contributed by atoms with E-state index in [0.717, 1.165) is 4.31 Å². The maximum absolute atomic E-state index is 12.6. The van der Waals surface area contributed by atoms with Crippen LogP contribution in [0.1, 0.15) is 6.42 Å². The van der Waals surface area contributed by atoms with Gasteiger partial charge in [0, 0.05) is 27.2 Å². The predicted octanol–water partition coefficient (Wildman–Crippen LogP) is 0.274. The molecule has 1 heterocycles. The number of rotatable bonds is 8. The van der Waals surface area contributed by atoms with Gasteiger partial charge in [-0.1, -0.05) is 11.6 Å². The number of halogens is 1. The lowest BCUT2D eigenvalue weighted by Crippen LogP contribution is -2.37. The number of hydrogen-bond acceptors (Lipinski definition) is 6. The zero-order valence-electron chi connectivity index (χ0n) is 12.1. The van der Waals surface area contributed by atoms with E-state index < -0.39 is 16.0 Å². The minimum atomic E-state index is -3.88. The van der Waals surface area contributed by atoms with Gasteiger partial charge in [-0.15, -0.1) is 0 Å². The van der Waals surface area contributed by atoms with Crippen molar-refractivity contribution in [3.8, 4) is 0 Å². The summed E-state index contributed by atoms with van der Waals surface area (Å²) < 4.78 is 36.9. The summed E-state index contributed by atoms with van der Waals surface area (Å²) >= 11 is 5.89. The Kier molecular flexibility index (Phi) is 6.59. The van der Waals surface area contributed by atoms with Crippen LogP contribution in [0.4, 0.5) is 0 Å². The standard InChI is InChI=1S/C11H18ClN3O5S/c1-14-11(9(12)8-13-14)21(17,18)15(6-7-19-2)5-4-10(16)20-3/h8H,4-7H2,1-3H3. The van der Waals surface area contributed by atoms with Crippen LogP contribution in [0.2, 0.25) is 5.02 Å². The second kappa shape index (κ2) is 7.74. The van der Waals surface area contributed by atoms with Gasteiger partial charge in [0.2, 0.25) is 0 Å². The normalized spacial score (nSPS) is 11.9. The number of sulfonamides is 1. The molecular weight excluding hydrogens is 322 g/mol. The number of methoxy groups -OCH3 is 2. The van der Waals surface area contributed by atoms with Crippen molar-refractivity contribution in [3.05, 3.63) is 11.2 Å². The second-order valence-electron chi connectivity index (χ2n) is 4.14. The van der Waals surface area contributed by atoms with E-state index in [-0.39, 0.29) is 36.2 Å². The Morgan fingerprint density at radius 1 is 1.43 bits per heavy atom. The lowest BCUT2D eigenvalue weighted by Gasteiger charge is -2.21. The average Bonchev–Trinajstić information content (AvgIpc) is 2.77. The molecular formula is C11H18ClN3O5S. The number of aryl methyl sites for hydroxylation is 1. The lowest BCUT2D eigenvalue weighted by molar-refractivity contribution is -0.140. The molecule has 8 nitrogen and oxygen atoms in total. The quantitative estimate of drug-likeness (QED) is 0.632. The van der Waals surface area contributed by atoms with E-state index in [9.17, 15) is 13.2 Å². The summed E-state index contributed by atoms with van der Waals surface area (Å²) in [5.74, 6) is -0.497. The molecule has 0 aliphatic heterocycles. The highest BCUT2D eigenvalue weighted by atomic mass is 35.5. The molecule has 0 N–H and O–H groups in total. The van der Waals surface area contributed by atoms with Gasteiger partial charge >= 0.3 is 5.97 Å². The molecule has 0 saturated heterocycles. The third-order valence-electron chi connectivity index (χ3n) is 2.76. The van der Waals surface area contributed by atoms with Crippen LogP contribution in [-0.4, -0.2) is 62.4 Å². The van der Waals surface area contributed by atoms with E-state index in [0.29, 0.717) is 0 Å². The molecule has 0 spiro atoms. The second-order valence-corrected chi connectivity index (χ2v) is 6.40. The minimum absolute atomic E-state index is 0.0259. The Balaban J connectivity index is 3.03. The molecule has 0 radical (unpaired) electrons. The molecule has 0 bridgehead atoms. The Morgan fingerprint density at radius 3 is 2.57 bits per heavy atom.